The van der Waals surface area contributed by atoms with Gasteiger partial charge in [-0.05, 0) is 36.4 Å². The first-order valence-electron chi connectivity index (χ1n) is 8.97. The molecule has 0 atom stereocenters. The fraction of sp³-hybridized carbons (Fsp3) is 0.400. The van der Waals surface area contributed by atoms with Crippen LogP contribution in [0, 0.1) is 0 Å². The molecule has 0 radical (unpaired) electrons. The first-order valence-corrected chi connectivity index (χ1v) is 10.4. The highest BCUT2D eigenvalue weighted by Gasteiger charge is 2.19. The second-order valence-electron chi connectivity index (χ2n) is 6.74. The largest absolute Gasteiger partial charge is 0.497 e. The summed E-state index contributed by atoms with van der Waals surface area (Å²) in [6.07, 6.45) is 0. The van der Waals surface area contributed by atoms with Gasteiger partial charge in [-0.25, -0.2) is 12.7 Å². The third-order valence-electron chi connectivity index (χ3n) is 4.30. The number of hydrogen-bond acceptors (Lipinski definition) is 7. The van der Waals surface area contributed by atoms with Gasteiger partial charge in [0.05, 0.1) is 23.4 Å². The van der Waals surface area contributed by atoms with E-state index in [1.54, 1.807) is 32.4 Å². The normalized spacial score (nSPS) is 11.4. The van der Waals surface area contributed by atoms with E-state index in [1.807, 2.05) is 37.2 Å². The first kappa shape index (κ1) is 22.8. The number of hydrogen-bond donors (Lipinski definition) is 1. The monoisotopic (exact) mass is 423 g/mol. The number of anilines is 2. The van der Waals surface area contributed by atoms with Gasteiger partial charge in [-0.15, -0.1) is 0 Å². The van der Waals surface area contributed by atoms with E-state index in [1.165, 1.54) is 18.4 Å². The number of nitrogens with zero attached hydrogens (tertiary/aromatic N) is 2. The van der Waals surface area contributed by atoms with Crippen molar-refractivity contribution in [3.8, 4) is 11.5 Å². The third-order valence-corrected chi connectivity index (χ3v) is 6.11. The smallest absolute Gasteiger partial charge is 0.242 e. The maximum absolute atomic E-state index is 12.5. The van der Waals surface area contributed by atoms with E-state index in [0.29, 0.717) is 23.7 Å². The lowest BCUT2D eigenvalue weighted by atomic mass is 10.1. The molecule has 29 heavy (non-hydrogen) atoms. The van der Waals surface area contributed by atoms with Gasteiger partial charge in [0, 0.05) is 47.4 Å². The number of methoxy groups -OCH3 is 2. The second-order valence-corrected chi connectivity index (χ2v) is 8.89. The van der Waals surface area contributed by atoms with E-state index in [0.717, 1.165) is 11.3 Å². The third kappa shape index (κ3) is 5.53. The van der Waals surface area contributed by atoms with Crippen LogP contribution in [-0.4, -0.2) is 61.9 Å². The first-order chi connectivity index (χ1) is 13.7. The Morgan fingerprint density at radius 3 is 2.31 bits per heavy atom. The average molecular weight is 424 g/mol. The average Bonchev–Trinajstić information content (AvgIpc) is 2.70. The van der Waals surface area contributed by atoms with Gasteiger partial charge >= 0.3 is 0 Å². The maximum atomic E-state index is 12.5. The van der Waals surface area contributed by atoms with E-state index in [9.17, 15) is 8.42 Å². The molecule has 0 spiro atoms. The van der Waals surface area contributed by atoms with Crippen LogP contribution in [0.5, 0.6) is 11.5 Å². The summed E-state index contributed by atoms with van der Waals surface area (Å²) in [4.78, 5) is 2.14. The molecular formula is C20H29N3O5S. The molecule has 160 valence electrons. The van der Waals surface area contributed by atoms with E-state index < -0.39 is 10.0 Å². The molecule has 0 saturated carbocycles. The molecule has 0 heterocycles. The van der Waals surface area contributed by atoms with Gasteiger partial charge in [0.15, 0.2) is 6.79 Å². The summed E-state index contributed by atoms with van der Waals surface area (Å²) < 4.78 is 42.2. The molecule has 9 heteroatoms. The van der Waals surface area contributed by atoms with E-state index in [-0.39, 0.29) is 11.7 Å². The highest BCUT2D eigenvalue weighted by atomic mass is 32.2. The summed E-state index contributed by atoms with van der Waals surface area (Å²) in [5.74, 6) is 1.35. The summed E-state index contributed by atoms with van der Waals surface area (Å²) in [7, 11) is 6.44. The Bertz CT molecular complexity index is 930. The molecule has 0 bridgehead atoms. The van der Waals surface area contributed by atoms with Crippen molar-refractivity contribution in [2.45, 2.75) is 11.4 Å². The van der Waals surface area contributed by atoms with Crippen molar-refractivity contribution in [2.24, 2.45) is 0 Å². The molecule has 0 aliphatic heterocycles. The van der Waals surface area contributed by atoms with Crippen molar-refractivity contribution in [3.63, 3.8) is 0 Å². The van der Waals surface area contributed by atoms with Crippen LogP contribution in [0.2, 0.25) is 0 Å². The van der Waals surface area contributed by atoms with Crippen LogP contribution in [0.15, 0.2) is 41.3 Å². The second kappa shape index (κ2) is 9.82. The molecule has 0 fully saturated rings. The summed E-state index contributed by atoms with van der Waals surface area (Å²) in [5, 5.41) is 3.33. The predicted octanol–water partition coefficient (Wildman–Crippen LogP) is 2.61. The lowest BCUT2D eigenvalue weighted by Crippen LogP contribution is -2.22. The minimum Gasteiger partial charge on any atom is -0.497 e. The molecule has 2 rings (SSSR count). The Balaban J connectivity index is 2.38. The van der Waals surface area contributed by atoms with Crippen LogP contribution in [-0.2, 0) is 21.3 Å². The molecular weight excluding hydrogens is 394 g/mol. The van der Waals surface area contributed by atoms with Crippen molar-refractivity contribution in [1.29, 1.82) is 0 Å². The van der Waals surface area contributed by atoms with Crippen LogP contribution >= 0.6 is 0 Å². The zero-order chi connectivity index (χ0) is 21.6. The summed E-state index contributed by atoms with van der Waals surface area (Å²) in [5.41, 5.74) is 2.41. The van der Waals surface area contributed by atoms with Gasteiger partial charge in [0.1, 0.15) is 11.5 Å². The Morgan fingerprint density at radius 1 is 1.00 bits per heavy atom. The number of ether oxygens (including phenoxy) is 3. The van der Waals surface area contributed by atoms with E-state index in [4.69, 9.17) is 14.2 Å². The lowest BCUT2D eigenvalue weighted by molar-refractivity contribution is 0.0504. The molecule has 0 aromatic heterocycles. The molecule has 0 aliphatic rings. The molecule has 0 unspecified atom stereocenters. The summed E-state index contributed by atoms with van der Waals surface area (Å²) in [6, 6.07) is 10.5. The molecule has 0 amide bonds. The standard InChI is InChI=1S/C20H29N3O5S/c1-22(2)19-9-8-17(29(24,25)23(3)4)12-18(19)21-13-15-11-16(27-6)7-10-20(15)28-14-26-5/h7-12,21H,13-14H2,1-6H3. The fourth-order valence-corrected chi connectivity index (χ4v) is 3.62. The molecule has 2 aromatic rings. The van der Waals surface area contributed by atoms with Crippen molar-refractivity contribution >= 4 is 21.4 Å². The number of nitrogens with one attached hydrogen (secondary N) is 1. The zero-order valence-corrected chi connectivity index (χ0v) is 18.5. The van der Waals surface area contributed by atoms with Gasteiger partial charge in [0.2, 0.25) is 10.0 Å². The van der Waals surface area contributed by atoms with Crippen molar-refractivity contribution in [3.05, 3.63) is 42.0 Å². The van der Waals surface area contributed by atoms with Gasteiger partial charge in [-0.2, -0.15) is 0 Å². The summed E-state index contributed by atoms with van der Waals surface area (Å²) in [6.45, 7) is 0.529. The van der Waals surface area contributed by atoms with Gasteiger partial charge in [-0.3, -0.25) is 0 Å². The highest BCUT2D eigenvalue weighted by molar-refractivity contribution is 7.89. The van der Waals surface area contributed by atoms with E-state index in [2.05, 4.69) is 5.32 Å². The SMILES string of the molecule is COCOc1ccc(OC)cc1CNc1cc(S(=O)(=O)N(C)C)ccc1N(C)C. The molecule has 0 aliphatic carbocycles. The lowest BCUT2D eigenvalue weighted by Gasteiger charge is -2.21. The Kier molecular flexibility index (Phi) is 7.72. The minimum absolute atomic E-state index is 0.124. The number of sulfonamides is 1. The molecule has 1 N–H and O–H groups in total. The number of benzene rings is 2. The van der Waals surface area contributed by atoms with Gasteiger partial charge in [0.25, 0.3) is 0 Å². The molecule has 0 saturated heterocycles. The van der Waals surface area contributed by atoms with Crippen molar-refractivity contribution in [1.82, 2.24) is 4.31 Å². The van der Waals surface area contributed by atoms with Gasteiger partial charge < -0.3 is 24.4 Å². The Labute approximate surface area is 173 Å². The van der Waals surface area contributed by atoms with Crippen molar-refractivity contribution in [2.75, 3.05) is 59.4 Å². The summed E-state index contributed by atoms with van der Waals surface area (Å²) >= 11 is 0. The van der Waals surface area contributed by atoms with Crippen LogP contribution in [0.4, 0.5) is 11.4 Å². The minimum atomic E-state index is -3.54. The molecule has 2 aromatic carbocycles. The Hall–Kier alpha value is -2.49. The van der Waals surface area contributed by atoms with Crippen LogP contribution in [0.1, 0.15) is 5.56 Å². The van der Waals surface area contributed by atoms with Gasteiger partial charge in [-0.1, -0.05) is 0 Å². The van der Waals surface area contributed by atoms with Crippen molar-refractivity contribution < 1.29 is 22.6 Å². The van der Waals surface area contributed by atoms with Crippen LogP contribution in [0.3, 0.4) is 0 Å². The van der Waals surface area contributed by atoms with Crippen LogP contribution in [0.25, 0.3) is 0 Å². The highest BCUT2D eigenvalue weighted by Crippen LogP contribution is 2.31. The number of rotatable bonds is 10. The zero-order valence-electron chi connectivity index (χ0n) is 17.7. The predicted molar refractivity (Wildman–Crippen MR) is 114 cm³/mol. The Morgan fingerprint density at radius 2 is 1.72 bits per heavy atom. The van der Waals surface area contributed by atoms with E-state index >= 15 is 0 Å². The maximum Gasteiger partial charge on any atom is 0.242 e. The topological polar surface area (TPSA) is 80.3 Å². The fourth-order valence-electron chi connectivity index (χ4n) is 2.69. The quantitative estimate of drug-likeness (QED) is 0.589. The molecule has 8 nitrogen and oxygen atoms in total. The van der Waals surface area contributed by atoms with Crippen LogP contribution < -0.4 is 19.7 Å².